The van der Waals surface area contributed by atoms with Crippen LogP contribution >= 0.6 is 0 Å². The summed E-state index contributed by atoms with van der Waals surface area (Å²) >= 11 is 0. The highest BCUT2D eigenvalue weighted by Crippen LogP contribution is 2.49. The first kappa shape index (κ1) is 18.3. The number of hydrogen-bond acceptors (Lipinski definition) is 3. The summed E-state index contributed by atoms with van der Waals surface area (Å²) in [6.45, 7) is 10.3. The van der Waals surface area contributed by atoms with Crippen molar-refractivity contribution in [3.63, 3.8) is 0 Å². The van der Waals surface area contributed by atoms with Gasteiger partial charge in [-0.2, -0.15) is 0 Å². The summed E-state index contributed by atoms with van der Waals surface area (Å²) in [4.78, 5) is 11.7. The Labute approximate surface area is 141 Å². The molecule has 1 heterocycles. The van der Waals surface area contributed by atoms with Crippen LogP contribution in [0.1, 0.15) is 65.7 Å². The number of carbonyl (C=O) groups is 1. The van der Waals surface area contributed by atoms with Gasteiger partial charge >= 0.3 is 5.97 Å². The summed E-state index contributed by atoms with van der Waals surface area (Å²) in [5.41, 5.74) is 0.736. The van der Waals surface area contributed by atoms with Gasteiger partial charge in [-0.1, -0.05) is 25.5 Å². The predicted octanol–water partition coefficient (Wildman–Crippen LogP) is 4.82. The normalized spacial score (nSPS) is 32.7. The second-order valence-corrected chi connectivity index (χ2v) is 7.13. The lowest BCUT2D eigenvalue weighted by Gasteiger charge is -2.44. The largest absolute Gasteiger partial charge is 0.463 e. The van der Waals surface area contributed by atoms with Gasteiger partial charge in [0.15, 0.2) is 0 Å². The van der Waals surface area contributed by atoms with Crippen LogP contribution in [0, 0.1) is 11.8 Å². The van der Waals surface area contributed by atoms with E-state index in [-0.39, 0.29) is 17.7 Å². The number of rotatable bonds is 6. The maximum absolute atomic E-state index is 11.7. The first-order valence-electron chi connectivity index (χ1n) is 9.16. The minimum Gasteiger partial charge on any atom is -0.463 e. The van der Waals surface area contributed by atoms with E-state index < -0.39 is 0 Å². The van der Waals surface area contributed by atoms with Crippen LogP contribution in [0.15, 0.2) is 24.3 Å². The van der Waals surface area contributed by atoms with Crippen molar-refractivity contribution in [3.8, 4) is 0 Å². The molecule has 1 aliphatic heterocycles. The number of carbonyl (C=O) groups excluding carboxylic acids is 1. The lowest BCUT2D eigenvalue weighted by molar-refractivity contribution is -0.152. The van der Waals surface area contributed by atoms with Crippen molar-refractivity contribution in [2.75, 3.05) is 6.61 Å². The molecule has 3 nitrogen and oxygen atoms in total. The molecular formula is C20H32O3. The molecule has 1 saturated carbocycles. The monoisotopic (exact) mass is 320 g/mol. The molecule has 2 fully saturated rings. The van der Waals surface area contributed by atoms with E-state index in [1.807, 2.05) is 19.9 Å². The molecule has 4 atom stereocenters. The van der Waals surface area contributed by atoms with Gasteiger partial charge in [0.05, 0.1) is 18.3 Å². The van der Waals surface area contributed by atoms with Crippen LogP contribution in [0.3, 0.4) is 0 Å². The summed E-state index contributed by atoms with van der Waals surface area (Å²) in [6, 6.07) is 0. The summed E-state index contributed by atoms with van der Waals surface area (Å²) in [5.74, 6) is 0.892. The Morgan fingerprint density at radius 2 is 2.09 bits per heavy atom. The molecule has 1 saturated heterocycles. The Morgan fingerprint density at radius 1 is 1.39 bits per heavy atom. The zero-order valence-electron chi connectivity index (χ0n) is 15.0. The predicted molar refractivity (Wildman–Crippen MR) is 93.2 cm³/mol. The summed E-state index contributed by atoms with van der Waals surface area (Å²) < 4.78 is 11.7. The third-order valence-electron chi connectivity index (χ3n) is 5.61. The zero-order valence-corrected chi connectivity index (χ0v) is 15.0. The molecule has 1 aliphatic carbocycles. The SMILES string of the molecule is C=C[C@H](C)[C@H]1CCC[C@]12CCC[C@H](C/C=C(\C)C(=O)OCC)O2. The van der Waals surface area contributed by atoms with Crippen molar-refractivity contribution in [1.82, 2.24) is 0 Å². The summed E-state index contributed by atoms with van der Waals surface area (Å²) in [5, 5.41) is 0. The third-order valence-corrected chi connectivity index (χ3v) is 5.61. The molecule has 0 aromatic heterocycles. The molecule has 0 unspecified atom stereocenters. The van der Waals surface area contributed by atoms with Gasteiger partial charge in [0.2, 0.25) is 0 Å². The molecule has 3 heteroatoms. The maximum Gasteiger partial charge on any atom is 0.333 e. The first-order valence-corrected chi connectivity index (χ1v) is 9.16. The second-order valence-electron chi connectivity index (χ2n) is 7.13. The van der Waals surface area contributed by atoms with Crippen LogP contribution in [-0.2, 0) is 14.3 Å². The molecular weight excluding hydrogens is 288 g/mol. The molecule has 1 spiro atoms. The molecule has 23 heavy (non-hydrogen) atoms. The van der Waals surface area contributed by atoms with Gasteiger partial charge in [0.25, 0.3) is 0 Å². The fraction of sp³-hybridized carbons (Fsp3) is 0.750. The topological polar surface area (TPSA) is 35.5 Å². The van der Waals surface area contributed by atoms with Crippen molar-refractivity contribution in [3.05, 3.63) is 24.3 Å². The lowest BCUT2D eigenvalue weighted by Crippen LogP contribution is -2.45. The van der Waals surface area contributed by atoms with Crippen LogP contribution in [0.5, 0.6) is 0 Å². The van der Waals surface area contributed by atoms with Gasteiger partial charge in [-0.15, -0.1) is 6.58 Å². The average Bonchev–Trinajstić information content (AvgIpc) is 2.94. The number of esters is 1. The Kier molecular flexibility index (Phi) is 6.46. The van der Waals surface area contributed by atoms with Gasteiger partial charge in [0, 0.05) is 5.57 Å². The molecule has 130 valence electrons. The van der Waals surface area contributed by atoms with E-state index in [1.165, 1.54) is 32.1 Å². The van der Waals surface area contributed by atoms with E-state index in [1.54, 1.807) is 0 Å². The summed E-state index contributed by atoms with van der Waals surface area (Å²) in [7, 11) is 0. The van der Waals surface area contributed by atoms with E-state index in [0.717, 1.165) is 12.8 Å². The van der Waals surface area contributed by atoms with Gasteiger partial charge in [-0.3, -0.25) is 0 Å². The quantitative estimate of drug-likeness (QED) is 0.400. The fourth-order valence-corrected chi connectivity index (χ4v) is 4.31. The van der Waals surface area contributed by atoms with E-state index in [9.17, 15) is 4.79 Å². The lowest BCUT2D eigenvalue weighted by atomic mass is 9.76. The highest BCUT2D eigenvalue weighted by Gasteiger charge is 2.48. The summed E-state index contributed by atoms with van der Waals surface area (Å²) in [6.07, 6.45) is 12.3. The van der Waals surface area contributed by atoms with E-state index >= 15 is 0 Å². The maximum atomic E-state index is 11.7. The Balaban J connectivity index is 1.99. The third kappa shape index (κ3) is 4.26. The van der Waals surface area contributed by atoms with Gasteiger partial charge in [-0.25, -0.2) is 4.79 Å². The van der Waals surface area contributed by atoms with Crippen molar-refractivity contribution in [1.29, 1.82) is 0 Å². The van der Waals surface area contributed by atoms with E-state index in [4.69, 9.17) is 9.47 Å². The van der Waals surface area contributed by atoms with Gasteiger partial charge in [-0.05, 0) is 64.2 Å². The fourth-order valence-electron chi connectivity index (χ4n) is 4.31. The highest BCUT2D eigenvalue weighted by atomic mass is 16.5. The molecule has 0 amide bonds. The minimum atomic E-state index is -0.211. The van der Waals surface area contributed by atoms with Gasteiger partial charge < -0.3 is 9.47 Å². The first-order chi connectivity index (χ1) is 11.0. The number of allylic oxidation sites excluding steroid dienone is 1. The van der Waals surface area contributed by atoms with Crippen LogP contribution < -0.4 is 0 Å². The Morgan fingerprint density at radius 3 is 2.74 bits per heavy atom. The standard InChI is InChI=1S/C20H32O3/c1-5-15(3)18-10-8-14-20(18)13-7-9-17(23-20)12-11-16(4)19(21)22-6-2/h5,11,15,17-18H,1,6-10,12-14H2,2-4H3/b16-11+/t15-,17+,18+,20+/m0/s1. The molecule has 0 aromatic carbocycles. The van der Waals surface area contributed by atoms with Crippen molar-refractivity contribution < 1.29 is 14.3 Å². The van der Waals surface area contributed by atoms with Crippen LogP contribution in [-0.4, -0.2) is 24.3 Å². The van der Waals surface area contributed by atoms with Crippen molar-refractivity contribution >= 4 is 5.97 Å². The van der Waals surface area contributed by atoms with Crippen LogP contribution in [0.25, 0.3) is 0 Å². The molecule has 0 radical (unpaired) electrons. The number of hydrogen-bond donors (Lipinski definition) is 0. The molecule has 2 aliphatic rings. The smallest absolute Gasteiger partial charge is 0.333 e. The average molecular weight is 320 g/mol. The van der Waals surface area contributed by atoms with Crippen LogP contribution in [0.2, 0.25) is 0 Å². The molecule has 0 aromatic rings. The Bertz CT molecular complexity index is 454. The molecule has 2 rings (SSSR count). The van der Waals surface area contributed by atoms with Crippen LogP contribution in [0.4, 0.5) is 0 Å². The zero-order chi connectivity index (χ0) is 16.9. The Hall–Kier alpha value is -1.09. The van der Waals surface area contributed by atoms with E-state index in [2.05, 4.69) is 19.6 Å². The minimum absolute atomic E-state index is 0.0438. The molecule has 0 N–H and O–H groups in total. The molecule has 0 bridgehead atoms. The number of ether oxygens (including phenoxy) is 2. The van der Waals surface area contributed by atoms with Gasteiger partial charge in [0.1, 0.15) is 0 Å². The highest BCUT2D eigenvalue weighted by molar-refractivity contribution is 5.87. The van der Waals surface area contributed by atoms with Crippen molar-refractivity contribution in [2.45, 2.75) is 77.4 Å². The second kappa shape index (κ2) is 8.14. The van der Waals surface area contributed by atoms with Crippen molar-refractivity contribution in [2.24, 2.45) is 11.8 Å². The van der Waals surface area contributed by atoms with E-state index in [0.29, 0.717) is 24.0 Å².